The molecule has 0 spiro atoms. The van der Waals surface area contributed by atoms with Crippen LogP contribution in [-0.4, -0.2) is 41.0 Å². The second-order valence-electron chi connectivity index (χ2n) is 8.04. The van der Waals surface area contributed by atoms with Gasteiger partial charge in [-0.2, -0.15) is 0 Å². The van der Waals surface area contributed by atoms with Crippen molar-refractivity contribution in [1.82, 2.24) is 9.55 Å². The van der Waals surface area contributed by atoms with Gasteiger partial charge in [0, 0.05) is 25.7 Å². The molecule has 0 amide bonds. The van der Waals surface area contributed by atoms with Gasteiger partial charge in [0.25, 0.3) is 5.56 Å². The Hall–Kier alpha value is -3.04. The highest BCUT2D eigenvalue weighted by atomic mass is 19.1. The minimum absolute atomic E-state index is 0.0647. The highest BCUT2D eigenvalue weighted by molar-refractivity contribution is 5.84. The Labute approximate surface area is 184 Å². The van der Waals surface area contributed by atoms with Crippen molar-refractivity contribution in [2.45, 2.75) is 26.5 Å². The Morgan fingerprint density at radius 2 is 1.97 bits per heavy atom. The summed E-state index contributed by atoms with van der Waals surface area (Å²) in [7, 11) is 1.70. The number of rotatable bonds is 5. The number of morpholine rings is 1. The largest absolute Gasteiger partial charge is 0.391 e. The summed E-state index contributed by atoms with van der Waals surface area (Å²) in [6, 6.07) is 5.67. The van der Waals surface area contributed by atoms with Gasteiger partial charge in [-0.25, -0.2) is 13.8 Å². The van der Waals surface area contributed by atoms with Crippen LogP contribution >= 0.6 is 0 Å². The number of anilines is 2. The standard InChI is InChI=1S/C23H26F2N4O3/c1-13-10-15(14(2)26-19-5-4-18(24)17(12-30)20(19)25)21-16(11-13)22(31)28(3)23(27-21)29-6-8-32-9-7-29/h4-5,10-11,14,26,30H,6-9,12H2,1-3H3/t14-/m1/s1. The van der Waals surface area contributed by atoms with Crippen molar-refractivity contribution in [3.05, 3.63) is 62.9 Å². The van der Waals surface area contributed by atoms with Crippen molar-refractivity contribution in [2.75, 3.05) is 36.5 Å². The Morgan fingerprint density at radius 3 is 2.66 bits per heavy atom. The van der Waals surface area contributed by atoms with Crippen molar-refractivity contribution >= 4 is 22.5 Å². The van der Waals surface area contributed by atoms with Crippen LogP contribution in [0.15, 0.2) is 29.1 Å². The van der Waals surface area contributed by atoms with Crippen LogP contribution in [-0.2, 0) is 18.4 Å². The van der Waals surface area contributed by atoms with E-state index in [9.17, 15) is 18.7 Å². The average Bonchev–Trinajstić information content (AvgIpc) is 2.79. The van der Waals surface area contributed by atoms with Gasteiger partial charge in [0.15, 0.2) is 5.82 Å². The van der Waals surface area contributed by atoms with E-state index < -0.39 is 29.8 Å². The monoisotopic (exact) mass is 444 g/mol. The molecule has 0 aliphatic carbocycles. The van der Waals surface area contributed by atoms with Gasteiger partial charge >= 0.3 is 0 Å². The molecule has 170 valence electrons. The normalized spacial score (nSPS) is 15.2. The van der Waals surface area contributed by atoms with Crippen molar-refractivity contribution < 1.29 is 18.6 Å². The number of nitrogens with zero attached hydrogens (tertiary/aromatic N) is 3. The van der Waals surface area contributed by atoms with Crippen molar-refractivity contribution in [3.8, 4) is 0 Å². The van der Waals surface area contributed by atoms with E-state index in [1.165, 1.54) is 6.07 Å². The zero-order valence-electron chi connectivity index (χ0n) is 18.3. The van der Waals surface area contributed by atoms with E-state index >= 15 is 0 Å². The van der Waals surface area contributed by atoms with E-state index in [4.69, 9.17) is 9.72 Å². The van der Waals surface area contributed by atoms with Crippen LogP contribution < -0.4 is 15.8 Å². The second-order valence-corrected chi connectivity index (χ2v) is 8.04. The van der Waals surface area contributed by atoms with Gasteiger partial charge in [0.2, 0.25) is 5.95 Å². The molecule has 0 saturated carbocycles. The van der Waals surface area contributed by atoms with Crippen molar-refractivity contribution in [1.29, 1.82) is 0 Å². The first-order chi connectivity index (χ1) is 15.3. The van der Waals surface area contributed by atoms with Gasteiger partial charge in [-0.1, -0.05) is 6.07 Å². The van der Waals surface area contributed by atoms with Crippen LogP contribution in [0.25, 0.3) is 10.9 Å². The van der Waals surface area contributed by atoms with Gasteiger partial charge in [0.1, 0.15) is 5.82 Å². The number of aryl methyl sites for hydroxylation is 1. The number of benzene rings is 2. The van der Waals surface area contributed by atoms with E-state index in [1.807, 2.05) is 24.8 Å². The minimum atomic E-state index is -0.839. The third kappa shape index (κ3) is 3.93. The first-order valence-corrected chi connectivity index (χ1v) is 10.5. The van der Waals surface area contributed by atoms with Gasteiger partial charge in [-0.3, -0.25) is 9.36 Å². The van der Waals surface area contributed by atoms with Gasteiger partial charge in [0.05, 0.1) is 48.0 Å². The lowest BCUT2D eigenvalue weighted by Gasteiger charge is -2.29. The number of aliphatic hydroxyl groups excluding tert-OH is 1. The molecule has 0 radical (unpaired) electrons. The van der Waals surface area contributed by atoms with E-state index in [0.29, 0.717) is 43.2 Å². The molecular formula is C23H26F2N4O3. The van der Waals surface area contributed by atoms with E-state index in [1.54, 1.807) is 17.7 Å². The van der Waals surface area contributed by atoms with Crippen LogP contribution in [0.5, 0.6) is 0 Å². The lowest BCUT2D eigenvalue weighted by molar-refractivity contribution is 0.121. The molecule has 4 rings (SSSR count). The number of aliphatic hydroxyl groups is 1. The summed E-state index contributed by atoms with van der Waals surface area (Å²) >= 11 is 0. The average molecular weight is 444 g/mol. The topological polar surface area (TPSA) is 79.6 Å². The fraction of sp³-hybridized carbons (Fsp3) is 0.391. The molecule has 1 aromatic heterocycles. The molecule has 2 N–H and O–H groups in total. The van der Waals surface area contributed by atoms with E-state index in [-0.39, 0.29) is 11.2 Å². The molecule has 1 fully saturated rings. The first-order valence-electron chi connectivity index (χ1n) is 10.5. The molecule has 2 heterocycles. The van der Waals surface area contributed by atoms with Crippen molar-refractivity contribution in [3.63, 3.8) is 0 Å². The Kier molecular flexibility index (Phi) is 6.12. The Bertz CT molecular complexity index is 1220. The molecule has 1 atom stereocenters. The summed E-state index contributed by atoms with van der Waals surface area (Å²) in [5.41, 5.74) is 1.64. The van der Waals surface area contributed by atoms with Crippen LogP contribution in [0.2, 0.25) is 0 Å². The molecule has 0 bridgehead atoms. The molecule has 0 unspecified atom stereocenters. The summed E-state index contributed by atoms with van der Waals surface area (Å²) in [6.45, 7) is 5.34. The maximum Gasteiger partial charge on any atom is 0.262 e. The fourth-order valence-corrected chi connectivity index (χ4v) is 4.08. The smallest absolute Gasteiger partial charge is 0.262 e. The van der Waals surface area contributed by atoms with Crippen molar-refractivity contribution in [2.24, 2.45) is 7.05 Å². The second kappa shape index (κ2) is 8.84. The predicted molar refractivity (Wildman–Crippen MR) is 119 cm³/mol. The zero-order chi connectivity index (χ0) is 23.0. The summed E-state index contributed by atoms with van der Waals surface area (Å²) < 4.78 is 35.4. The third-order valence-electron chi connectivity index (χ3n) is 5.81. The zero-order valence-corrected chi connectivity index (χ0v) is 18.3. The van der Waals surface area contributed by atoms with Crippen LogP contribution in [0.1, 0.15) is 29.7 Å². The summed E-state index contributed by atoms with van der Waals surface area (Å²) in [5, 5.41) is 12.8. The Morgan fingerprint density at radius 1 is 1.25 bits per heavy atom. The Balaban J connectivity index is 1.81. The van der Waals surface area contributed by atoms with E-state index in [2.05, 4.69) is 5.32 Å². The van der Waals surface area contributed by atoms with Crippen LogP contribution in [0, 0.1) is 18.6 Å². The van der Waals surface area contributed by atoms with E-state index in [0.717, 1.165) is 17.2 Å². The van der Waals surface area contributed by atoms with Crippen LogP contribution in [0.4, 0.5) is 20.4 Å². The SMILES string of the molecule is Cc1cc([C@@H](C)Nc2ccc(F)c(CO)c2F)c2nc(N3CCOCC3)n(C)c(=O)c2c1. The molecule has 3 aromatic rings. The van der Waals surface area contributed by atoms with Gasteiger partial charge in [-0.05, 0) is 37.6 Å². The predicted octanol–water partition coefficient (Wildman–Crippen LogP) is 3.02. The molecular weight excluding hydrogens is 418 g/mol. The number of hydrogen-bond donors (Lipinski definition) is 2. The number of aromatic nitrogens is 2. The lowest BCUT2D eigenvalue weighted by atomic mass is 10.0. The molecule has 32 heavy (non-hydrogen) atoms. The third-order valence-corrected chi connectivity index (χ3v) is 5.81. The summed E-state index contributed by atoms with van der Waals surface area (Å²) in [6.07, 6.45) is 0. The maximum absolute atomic E-state index is 14.7. The number of halogens is 2. The summed E-state index contributed by atoms with van der Waals surface area (Å²) in [4.78, 5) is 20.0. The van der Waals surface area contributed by atoms with Crippen LogP contribution in [0.3, 0.4) is 0 Å². The number of hydrogen-bond acceptors (Lipinski definition) is 6. The molecule has 2 aromatic carbocycles. The number of ether oxygens (including phenoxy) is 1. The lowest BCUT2D eigenvalue weighted by Crippen LogP contribution is -2.40. The highest BCUT2D eigenvalue weighted by Gasteiger charge is 2.22. The number of fused-ring (bicyclic) bond motifs is 1. The molecule has 1 aliphatic rings. The number of nitrogens with one attached hydrogen (secondary N) is 1. The maximum atomic E-state index is 14.7. The highest BCUT2D eigenvalue weighted by Crippen LogP contribution is 2.30. The van der Waals surface area contributed by atoms with Gasteiger partial charge < -0.3 is 20.1 Å². The molecule has 1 saturated heterocycles. The fourth-order valence-electron chi connectivity index (χ4n) is 4.08. The minimum Gasteiger partial charge on any atom is -0.391 e. The molecule has 7 nitrogen and oxygen atoms in total. The first kappa shape index (κ1) is 22.2. The molecule has 1 aliphatic heterocycles. The quantitative estimate of drug-likeness (QED) is 0.630. The molecule has 9 heteroatoms. The van der Waals surface area contributed by atoms with Gasteiger partial charge in [-0.15, -0.1) is 0 Å². The summed E-state index contributed by atoms with van der Waals surface area (Å²) in [5.74, 6) is -1.09.